The molecule has 0 fully saturated rings. The number of allylic oxidation sites excluding steroid dienone is 1. The van der Waals surface area contributed by atoms with Crippen LogP contribution in [0.15, 0.2) is 43.0 Å². The fraction of sp³-hybridized carbons (Fsp3) is 0. The van der Waals surface area contributed by atoms with Gasteiger partial charge in [0.1, 0.15) is 0 Å². The average molecular weight is 213 g/mol. The molecule has 0 aliphatic heterocycles. The van der Waals surface area contributed by atoms with E-state index in [1.165, 1.54) is 6.08 Å². The fourth-order valence-electron chi connectivity index (χ4n) is 0.342. The molecule has 64 valence electrons. The minimum Gasteiger partial charge on any atom is -0.245 e. The molecule has 0 atom stereocenters. The molecule has 0 aromatic heterocycles. The van der Waals surface area contributed by atoms with Crippen molar-refractivity contribution < 1.29 is 16.5 Å². The molecule has 0 amide bonds. The zero-order chi connectivity index (χ0) is 6.95. The SMILES string of the molecule is C=C[CH2-].Cl.[Ni+2].[c-]1ccccc1. The summed E-state index contributed by atoms with van der Waals surface area (Å²) in [5.41, 5.74) is 0. The van der Waals surface area contributed by atoms with Gasteiger partial charge in [-0.1, -0.05) is 0 Å². The number of benzene rings is 1. The van der Waals surface area contributed by atoms with Gasteiger partial charge in [0.2, 0.25) is 0 Å². The summed E-state index contributed by atoms with van der Waals surface area (Å²) in [4.78, 5) is 0. The third-order valence-electron chi connectivity index (χ3n) is 0.607. The maximum absolute atomic E-state index is 3.25. The molecule has 0 aliphatic rings. The molecule has 0 aliphatic carbocycles. The summed E-state index contributed by atoms with van der Waals surface area (Å²) < 4.78 is 0. The quantitative estimate of drug-likeness (QED) is 0.459. The predicted molar refractivity (Wildman–Crippen MR) is 48.1 cm³/mol. The Morgan fingerprint density at radius 3 is 1.64 bits per heavy atom. The van der Waals surface area contributed by atoms with Gasteiger partial charge in [-0.15, -0.1) is 12.4 Å². The van der Waals surface area contributed by atoms with E-state index < -0.39 is 0 Å². The summed E-state index contributed by atoms with van der Waals surface area (Å²) in [7, 11) is 0. The van der Waals surface area contributed by atoms with Gasteiger partial charge in [-0.3, -0.25) is 0 Å². The fourth-order valence-corrected chi connectivity index (χ4v) is 0.342. The van der Waals surface area contributed by atoms with E-state index in [0.29, 0.717) is 0 Å². The first kappa shape index (κ1) is 16.9. The number of rotatable bonds is 0. The van der Waals surface area contributed by atoms with Crippen LogP contribution in [0.4, 0.5) is 0 Å². The molecular formula is C9H11ClNi. The topological polar surface area (TPSA) is 0 Å². The zero-order valence-electron chi connectivity index (χ0n) is 6.10. The van der Waals surface area contributed by atoms with E-state index in [1.54, 1.807) is 0 Å². The summed E-state index contributed by atoms with van der Waals surface area (Å²) in [5.74, 6) is 0. The molecule has 1 aromatic rings. The Morgan fingerprint density at radius 1 is 1.18 bits per heavy atom. The van der Waals surface area contributed by atoms with Crippen LogP contribution in [-0.2, 0) is 16.5 Å². The second-order valence-electron chi connectivity index (χ2n) is 1.37. The van der Waals surface area contributed by atoms with Gasteiger partial charge in [0.25, 0.3) is 0 Å². The van der Waals surface area contributed by atoms with E-state index in [-0.39, 0.29) is 28.9 Å². The van der Waals surface area contributed by atoms with Crippen molar-refractivity contribution in [2.75, 3.05) is 0 Å². The Labute approximate surface area is 85.0 Å². The van der Waals surface area contributed by atoms with Crippen LogP contribution in [0.2, 0.25) is 0 Å². The van der Waals surface area contributed by atoms with Crippen molar-refractivity contribution >= 4 is 12.4 Å². The van der Waals surface area contributed by atoms with Gasteiger partial charge >= 0.3 is 16.5 Å². The standard InChI is InChI=1S/C6H5.C3H5.ClH.Ni/c1-2-4-6-5-3-1;1-3-2;;/h1-5H;3H,1-2H2;1H;/q2*-1;;+2. The molecule has 0 heterocycles. The molecule has 0 saturated heterocycles. The zero-order valence-corrected chi connectivity index (χ0v) is 7.91. The second-order valence-corrected chi connectivity index (χ2v) is 1.37. The Kier molecular flexibility index (Phi) is 25.1. The van der Waals surface area contributed by atoms with Crippen LogP contribution in [0.25, 0.3) is 0 Å². The van der Waals surface area contributed by atoms with Gasteiger partial charge in [-0.2, -0.15) is 36.4 Å². The van der Waals surface area contributed by atoms with Gasteiger partial charge in [-0.25, -0.2) is 19.6 Å². The number of hydrogen-bond donors (Lipinski definition) is 0. The van der Waals surface area contributed by atoms with Crippen molar-refractivity contribution in [3.8, 4) is 0 Å². The average Bonchev–Trinajstić information content (AvgIpc) is 1.93. The normalized spacial score (nSPS) is 5.45. The molecule has 1 aromatic carbocycles. The maximum atomic E-state index is 3.25. The summed E-state index contributed by atoms with van der Waals surface area (Å²) in [6.07, 6.45) is 1.50. The van der Waals surface area contributed by atoms with Crippen molar-refractivity contribution in [1.29, 1.82) is 0 Å². The van der Waals surface area contributed by atoms with Crippen LogP contribution in [0.5, 0.6) is 0 Å². The maximum Gasteiger partial charge on any atom is 2.00 e. The molecule has 0 bridgehead atoms. The van der Waals surface area contributed by atoms with Gasteiger partial charge in [0, 0.05) is 0 Å². The van der Waals surface area contributed by atoms with Gasteiger partial charge < -0.3 is 0 Å². The van der Waals surface area contributed by atoms with E-state index in [1.807, 2.05) is 30.3 Å². The molecule has 0 nitrogen and oxygen atoms in total. The van der Waals surface area contributed by atoms with Crippen molar-refractivity contribution in [2.45, 2.75) is 0 Å². The van der Waals surface area contributed by atoms with Gasteiger partial charge in [0.05, 0.1) is 0 Å². The molecule has 0 radical (unpaired) electrons. The molecule has 0 unspecified atom stereocenters. The summed E-state index contributed by atoms with van der Waals surface area (Å²) >= 11 is 0. The van der Waals surface area contributed by atoms with Crippen LogP contribution >= 0.6 is 12.4 Å². The Hall–Kier alpha value is -0.386. The second kappa shape index (κ2) is 16.3. The van der Waals surface area contributed by atoms with Gasteiger partial charge in [0.15, 0.2) is 0 Å². The minimum atomic E-state index is 0. The summed E-state index contributed by atoms with van der Waals surface area (Å²) in [5, 5.41) is 0. The Bertz CT molecular complexity index is 113. The first-order valence-electron chi connectivity index (χ1n) is 2.73. The molecule has 0 N–H and O–H groups in total. The first-order valence-corrected chi connectivity index (χ1v) is 2.73. The molecule has 0 saturated carbocycles. The Balaban J connectivity index is -0.000000116. The summed E-state index contributed by atoms with van der Waals surface area (Å²) in [6.45, 7) is 6.50. The van der Waals surface area contributed by atoms with Crippen molar-refractivity contribution in [3.05, 3.63) is 56.0 Å². The minimum absolute atomic E-state index is 0. The van der Waals surface area contributed by atoms with E-state index in [2.05, 4.69) is 19.6 Å². The number of halogens is 1. The van der Waals surface area contributed by atoms with Gasteiger partial charge in [-0.05, 0) is 0 Å². The van der Waals surface area contributed by atoms with E-state index in [4.69, 9.17) is 0 Å². The van der Waals surface area contributed by atoms with Crippen LogP contribution in [0, 0.1) is 13.0 Å². The van der Waals surface area contributed by atoms with E-state index in [0.717, 1.165) is 0 Å². The summed E-state index contributed by atoms with van der Waals surface area (Å²) in [6, 6.07) is 12.5. The molecule has 1 rings (SSSR count). The van der Waals surface area contributed by atoms with Crippen LogP contribution in [0.1, 0.15) is 0 Å². The van der Waals surface area contributed by atoms with Crippen LogP contribution in [-0.4, -0.2) is 0 Å². The third kappa shape index (κ3) is 17.7. The van der Waals surface area contributed by atoms with Crippen molar-refractivity contribution in [3.63, 3.8) is 0 Å². The molecular weight excluding hydrogens is 202 g/mol. The first-order chi connectivity index (χ1) is 4.41. The molecule has 11 heavy (non-hydrogen) atoms. The monoisotopic (exact) mass is 212 g/mol. The van der Waals surface area contributed by atoms with Crippen molar-refractivity contribution in [2.24, 2.45) is 0 Å². The Morgan fingerprint density at radius 2 is 1.55 bits per heavy atom. The smallest absolute Gasteiger partial charge is 0.245 e. The van der Waals surface area contributed by atoms with E-state index in [9.17, 15) is 0 Å². The van der Waals surface area contributed by atoms with Crippen molar-refractivity contribution in [1.82, 2.24) is 0 Å². The van der Waals surface area contributed by atoms with Crippen LogP contribution in [0.3, 0.4) is 0 Å². The molecule has 0 spiro atoms. The molecule has 2 heteroatoms. The largest absolute Gasteiger partial charge is 2.00 e. The number of hydrogen-bond acceptors (Lipinski definition) is 0. The predicted octanol–water partition coefficient (Wildman–Crippen LogP) is 2.91. The van der Waals surface area contributed by atoms with E-state index >= 15 is 0 Å². The third-order valence-corrected chi connectivity index (χ3v) is 0.607. The van der Waals surface area contributed by atoms with Crippen LogP contribution < -0.4 is 0 Å².